The molecule has 0 bridgehead atoms. The molecule has 2 fully saturated rings. The number of hydrogen-bond acceptors (Lipinski definition) is 17. The molecule has 2 aliphatic rings. The minimum Gasteiger partial charge on any atom is -0.463 e. The van der Waals surface area contributed by atoms with Gasteiger partial charge in [0, 0.05) is 41.5 Å². The molecule has 0 amide bonds. The third kappa shape index (κ3) is 9.57. The van der Waals surface area contributed by atoms with Crippen LogP contribution in [0, 0.1) is 0 Å². The molecule has 2 aliphatic heterocycles. The van der Waals surface area contributed by atoms with E-state index >= 15 is 0 Å². The normalized spacial score (nSPS) is 30.0. The van der Waals surface area contributed by atoms with Crippen molar-refractivity contribution in [2.24, 2.45) is 0 Å². The summed E-state index contributed by atoms with van der Waals surface area (Å²) in [4.78, 5) is 73.7. The van der Waals surface area contributed by atoms with Gasteiger partial charge < -0.3 is 52.8 Å². The Labute approximate surface area is 274 Å². The van der Waals surface area contributed by atoms with Crippen LogP contribution in [0.25, 0.3) is 6.08 Å². The lowest BCUT2D eigenvalue weighted by Crippen LogP contribution is -2.64. The van der Waals surface area contributed by atoms with Gasteiger partial charge in [-0.2, -0.15) is 0 Å². The first-order valence-electron chi connectivity index (χ1n) is 14.7. The van der Waals surface area contributed by atoms with Gasteiger partial charge in [0.15, 0.2) is 24.1 Å². The highest BCUT2D eigenvalue weighted by Crippen LogP contribution is 2.45. The number of aliphatic hydroxyl groups is 2. The number of rotatable bonds is 12. The van der Waals surface area contributed by atoms with E-state index in [0.29, 0.717) is 5.56 Å². The van der Waals surface area contributed by atoms with E-state index in [0.717, 1.165) is 41.5 Å². The second-order valence-corrected chi connectivity index (χ2v) is 10.7. The molecule has 17 nitrogen and oxygen atoms in total. The van der Waals surface area contributed by atoms with Gasteiger partial charge >= 0.3 is 35.8 Å². The monoisotopic (exact) mass is 682 g/mol. The standard InChI is InChI=1S/C31H38O17/c1-15(33)40-14-23-26(42-17(3)35)29(45-20(6)38)31(47-23,24(41-16(2)34)12-21-10-8-7-9-11-21)48-30-28(44-19(5)37)27(43-18(4)36)25(39)22(13-32)46-30/h7-12,22-23,25-30,32,39H,13-14H2,1-6H3/t22-,23-,25-,26-,27+,28-,29+,30-,31+/m1/s1. The number of aliphatic hydroxyl groups excluding tert-OH is 2. The first-order valence-corrected chi connectivity index (χ1v) is 14.7. The summed E-state index contributed by atoms with van der Waals surface area (Å²) in [7, 11) is 0. The van der Waals surface area contributed by atoms with Crippen LogP contribution >= 0.6 is 0 Å². The van der Waals surface area contributed by atoms with Crippen LogP contribution in [0.15, 0.2) is 36.1 Å². The lowest BCUT2D eigenvalue weighted by molar-refractivity contribution is -0.373. The van der Waals surface area contributed by atoms with E-state index in [9.17, 15) is 39.0 Å². The molecule has 2 saturated heterocycles. The number of carbonyl (C=O) groups excluding carboxylic acids is 6. The van der Waals surface area contributed by atoms with E-state index in [1.165, 1.54) is 6.08 Å². The first kappa shape index (κ1) is 38.0. The fraction of sp³-hybridized carbons (Fsp3) is 0.548. The predicted octanol–water partition coefficient (Wildman–Crippen LogP) is 0.0703. The molecular formula is C31H38O17. The quantitative estimate of drug-likeness (QED) is 0.169. The molecule has 1 aromatic rings. The van der Waals surface area contributed by atoms with Crippen molar-refractivity contribution in [1.82, 2.24) is 0 Å². The third-order valence-corrected chi connectivity index (χ3v) is 6.80. The van der Waals surface area contributed by atoms with Crippen LogP contribution in [0.2, 0.25) is 0 Å². The van der Waals surface area contributed by atoms with Gasteiger partial charge in [-0.1, -0.05) is 30.3 Å². The fourth-order valence-corrected chi connectivity index (χ4v) is 5.11. The van der Waals surface area contributed by atoms with Gasteiger partial charge in [-0.05, 0) is 11.6 Å². The zero-order valence-corrected chi connectivity index (χ0v) is 27.0. The Balaban J connectivity index is 2.36. The van der Waals surface area contributed by atoms with Crippen molar-refractivity contribution >= 4 is 41.9 Å². The van der Waals surface area contributed by atoms with Crippen LogP contribution in [0.4, 0.5) is 0 Å². The average molecular weight is 683 g/mol. The SMILES string of the molecule is CC(=O)OC[C@H]1O[C@](O[C@H]2O[C@H](CO)[C@@H](O)[C@H](OC(C)=O)[C@H]2OC(C)=O)(C(=Cc2ccccc2)OC(C)=O)[C@@H](OC(C)=O)[C@@H]1OC(C)=O. The molecule has 264 valence electrons. The Morgan fingerprint density at radius 3 is 1.83 bits per heavy atom. The van der Waals surface area contributed by atoms with Crippen molar-refractivity contribution in [3.05, 3.63) is 41.7 Å². The minimum atomic E-state index is -2.68. The second kappa shape index (κ2) is 16.6. The van der Waals surface area contributed by atoms with E-state index in [1.807, 2.05) is 0 Å². The maximum Gasteiger partial charge on any atom is 0.307 e. The summed E-state index contributed by atoms with van der Waals surface area (Å²) in [5.41, 5.74) is 0.386. The summed E-state index contributed by atoms with van der Waals surface area (Å²) >= 11 is 0. The number of ether oxygens (including phenoxy) is 9. The van der Waals surface area contributed by atoms with E-state index in [2.05, 4.69) is 0 Å². The average Bonchev–Trinajstić information content (AvgIpc) is 3.26. The van der Waals surface area contributed by atoms with Gasteiger partial charge in [-0.15, -0.1) is 0 Å². The number of benzene rings is 1. The number of carbonyl (C=O) groups is 6. The number of esters is 6. The molecule has 0 saturated carbocycles. The zero-order valence-electron chi connectivity index (χ0n) is 27.0. The lowest BCUT2D eigenvalue weighted by Gasteiger charge is -2.46. The van der Waals surface area contributed by atoms with Crippen LogP contribution in [0.1, 0.15) is 47.1 Å². The molecule has 0 spiro atoms. The predicted molar refractivity (Wildman–Crippen MR) is 155 cm³/mol. The Morgan fingerprint density at radius 1 is 0.750 bits per heavy atom. The van der Waals surface area contributed by atoms with Crippen molar-refractivity contribution < 1.29 is 81.6 Å². The van der Waals surface area contributed by atoms with Crippen molar-refractivity contribution in [2.75, 3.05) is 13.2 Å². The van der Waals surface area contributed by atoms with Crippen LogP contribution in [-0.2, 0) is 71.4 Å². The smallest absolute Gasteiger partial charge is 0.307 e. The molecule has 0 aliphatic carbocycles. The van der Waals surface area contributed by atoms with E-state index in [-0.39, 0.29) is 0 Å². The van der Waals surface area contributed by atoms with Gasteiger partial charge in [-0.25, -0.2) is 0 Å². The molecular weight excluding hydrogens is 644 g/mol. The largest absolute Gasteiger partial charge is 0.463 e. The number of hydrogen-bond donors (Lipinski definition) is 2. The molecule has 2 heterocycles. The first-order chi connectivity index (χ1) is 22.6. The molecule has 0 unspecified atom stereocenters. The summed E-state index contributed by atoms with van der Waals surface area (Å²) in [5, 5.41) is 21.0. The maximum atomic E-state index is 12.6. The highest BCUT2D eigenvalue weighted by Gasteiger charge is 2.66. The van der Waals surface area contributed by atoms with Crippen molar-refractivity contribution in [1.29, 1.82) is 0 Å². The molecule has 9 atom stereocenters. The van der Waals surface area contributed by atoms with Crippen molar-refractivity contribution in [3.63, 3.8) is 0 Å². The highest BCUT2D eigenvalue weighted by molar-refractivity contribution is 5.71. The summed E-state index contributed by atoms with van der Waals surface area (Å²) in [6.07, 6.45) is -12.4. The van der Waals surface area contributed by atoms with E-state index in [4.69, 9.17) is 42.6 Å². The maximum absolute atomic E-state index is 12.6. The molecule has 2 N–H and O–H groups in total. The lowest BCUT2D eigenvalue weighted by atomic mass is 9.97. The zero-order chi connectivity index (χ0) is 35.8. The molecule has 3 rings (SSSR count). The summed E-state index contributed by atoms with van der Waals surface area (Å²) in [6, 6.07) is 8.19. The third-order valence-electron chi connectivity index (χ3n) is 6.80. The molecule has 1 aromatic carbocycles. The Kier molecular flexibility index (Phi) is 13.2. The van der Waals surface area contributed by atoms with Gasteiger partial charge in [0.25, 0.3) is 5.79 Å². The van der Waals surface area contributed by atoms with Gasteiger partial charge in [-0.3, -0.25) is 28.8 Å². The molecule has 0 aromatic heterocycles. The molecule has 0 radical (unpaired) electrons. The highest BCUT2D eigenvalue weighted by atomic mass is 16.8. The van der Waals surface area contributed by atoms with E-state index in [1.54, 1.807) is 30.3 Å². The topological polar surface area (TPSA) is 226 Å². The van der Waals surface area contributed by atoms with Gasteiger partial charge in [0.1, 0.15) is 24.9 Å². The second-order valence-electron chi connectivity index (χ2n) is 10.7. The Hall–Kier alpha value is -4.42. The van der Waals surface area contributed by atoms with Crippen LogP contribution in [0.3, 0.4) is 0 Å². The van der Waals surface area contributed by atoms with Crippen molar-refractivity contribution in [3.8, 4) is 0 Å². The Bertz CT molecular complexity index is 1380. The Morgan fingerprint density at radius 2 is 1.31 bits per heavy atom. The van der Waals surface area contributed by atoms with Crippen LogP contribution in [0.5, 0.6) is 0 Å². The van der Waals surface area contributed by atoms with E-state index < -0.39 is 110 Å². The van der Waals surface area contributed by atoms with Crippen LogP contribution in [-0.4, -0.2) is 114 Å². The molecule has 48 heavy (non-hydrogen) atoms. The summed E-state index contributed by atoms with van der Waals surface area (Å²) < 4.78 is 50.9. The minimum absolute atomic E-state index is 0.386. The van der Waals surface area contributed by atoms with Gasteiger partial charge in [0.2, 0.25) is 12.4 Å². The molecule has 17 heteroatoms. The summed E-state index contributed by atoms with van der Waals surface area (Å²) in [5.74, 6) is -8.62. The summed E-state index contributed by atoms with van der Waals surface area (Å²) in [6.45, 7) is 4.72. The fourth-order valence-electron chi connectivity index (χ4n) is 5.11. The van der Waals surface area contributed by atoms with Gasteiger partial charge in [0.05, 0.1) is 6.61 Å². The van der Waals surface area contributed by atoms with Crippen molar-refractivity contribution in [2.45, 2.75) is 96.3 Å². The van der Waals surface area contributed by atoms with Crippen LogP contribution < -0.4 is 0 Å².